The van der Waals surface area contributed by atoms with Gasteiger partial charge in [0.05, 0.1) is 23.2 Å². The molecule has 1 saturated carbocycles. The van der Waals surface area contributed by atoms with Gasteiger partial charge >= 0.3 is 5.97 Å². The molecule has 226 valence electrons. The van der Waals surface area contributed by atoms with Crippen LogP contribution in [0.1, 0.15) is 56.9 Å². The normalized spacial score (nSPS) is 19.8. The van der Waals surface area contributed by atoms with E-state index in [0.717, 1.165) is 38.9 Å². The zero-order valence-electron chi connectivity index (χ0n) is 24.9. The minimum Gasteiger partial charge on any atom is -0.481 e. The van der Waals surface area contributed by atoms with E-state index in [1.54, 1.807) is 25.6 Å². The maximum absolute atomic E-state index is 14.4. The highest BCUT2D eigenvalue weighted by Crippen LogP contribution is 2.54. The van der Waals surface area contributed by atoms with E-state index >= 15 is 0 Å². The van der Waals surface area contributed by atoms with Gasteiger partial charge < -0.3 is 10.2 Å². The number of benzene rings is 2. The number of aliphatic carboxylic acids is 1. The zero-order chi connectivity index (χ0) is 31.2. The third-order valence-corrected chi connectivity index (χ3v) is 9.68. The number of pyridine rings is 1. The van der Waals surface area contributed by atoms with E-state index in [9.17, 15) is 19.4 Å². The second kappa shape index (κ2) is 14.1. The van der Waals surface area contributed by atoms with Crippen LogP contribution in [0.2, 0.25) is 5.02 Å². The summed E-state index contributed by atoms with van der Waals surface area (Å²) in [6.07, 6.45) is 10.3. The molecule has 1 aliphatic rings. The van der Waals surface area contributed by atoms with Gasteiger partial charge in [0.15, 0.2) is 0 Å². The lowest BCUT2D eigenvalue weighted by Gasteiger charge is -2.24. The van der Waals surface area contributed by atoms with Crippen LogP contribution < -0.4 is 0 Å². The highest BCUT2D eigenvalue weighted by Gasteiger charge is 2.56. The first-order valence-corrected chi connectivity index (χ1v) is 15.9. The number of hydrogen-bond donors (Lipinski definition) is 2. The third kappa shape index (κ3) is 8.91. The summed E-state index contributed by atoms with van der Waals surface area (Å²) in [5.41, 5.74) is 3.52. The van der Waals surface area contributed by atoms with E-state index in [1.807, 2.05) is 91.9 Å². The van der Waals surface area contributed by atoms with Crippen molar-refractivity contribution < 1.29 is 19.4 Å². The average molecular weight is 620 g/mol. The Labute approximate surface area is 263 Å². The minimum atomic E-state index is -1.10. The first kappa shape index (κ1) is 32.7. The smallest absolute Gasteiger partial charge is 0.304 e. The van der Waals surface area contributed by atoms with Gasteiger partial charge in [0.25, 0.3) is 0 Å². The molecular formula is C36H39ClFNO3S. The number of thioether (sulfide) groups is 1. The molecule has 3 aromatic rings. The second-order valence-corrected chi connectivity index (χ2v) is 13.4. The molecule has 0 saturated heterocycles. The molecule has 0 bridgehead atoms. The van der Waals surface area contributed by atoms with Crippen LogP contribution in [0.3, 0.4) is 0 Å². The summed E-state index contributed by atoms with van der Waals surface area (Å²) < 4.78 is 14.4. The van der Waals surface area contributed by atoms with Crippen molar-refractivity contribution in [2.75, 3.05) is 5.75 Å². The highest BCUT2D eigenvalue weighted by molar-refractivity contribution is 8.00. The van der Waals surface area contributed by atoms with E-state index in [4.69, 9.17) is 16.6 Å². The maximum Gasteiger partial charge on any atom is 0.304 e. The maximum atomic E-state index is 14.4. The summed E-state index contributed by atoms with van der Waals surface area (Å²) in [6.45, 7) is 9.91. The fourth-order valence-electron chi connectivity index (χ4n) is 5.28. The summed E-state index contributed by atoms with van der Waals surface area (Å²) in [7, 11) is 0. The number of carboxylic acids is 1. The Bertz CT molecular complexity index is 1570. The number of nitrogens with zero attached hydrogens (tertiary/aromatic N) is 1. The lowest BCUT2D eigenvalue weighted by molar-refractivity contribution is -0.138. The summed E-state index contributed by atoms with van der Waals surface area (Å²) >= 11 is 7.73. The molecule has 2 aromatic carbocycles. The molecule has 0 radical (unpaired) electrons. The standard InChI is InChI=1S/C36H39ClFNO3S/c1-5-8-25(11-16-29-17-13-27-12-15-28(37)20-31(27)39-29)19-24(2)32(43-23-36(21-33(36)38)22-34(40)41)18-14-26-9-6-7-10-30(26)35(3,4)42/h5-13,15-17,19-20,32-33,42H,2,14,18,21-23H2,1,3-4H3,(H,40,41)/b8-5-,16-11+,25-19+/t32-,33-,36+/m1/s1. The summed E-state index contributed by atoms with van der Waals surface area (Å²) in [4.78, 5) is 16.2. The minimum absolute atomic E-state index is 0.0806. The van der Waals surface area contributed by atoms with Crippen LogP contribution in [0.4, 0.5) is 4.39 Å². The predicted octanol–water partition coefficient (Wildman–Crippen LogP) is 9.13. The van der Waals surface area contributed by atoms with Gasteiger partial charge in [-0.1, -0.05) is 78.9 Å². The molecule has 0 unspecified atom stereocenters. The molecule has 1 fully saturated rings. The van der Waals surface area contributed by atoms with Gasteiger partial charge in [-0.05, 0) is 86.6 Å². The Morgan fingerprint density at radius 2 is 1.95 bits per heavy atom. The monoisotopic (exact) mass is 619 g/mol. The van der Waals surface area contributed by atoms with Gasteiger partial charge in [0.2, 0.25) is 0 Å². The number of allylic oxidation sites excluding steroid dienone is 5. The number of alkyl halides is 1. The number of halogens is 2. The van der Waals surface area contributed by atoms with Gasteiger partial charge in [0.1, 0.15) is 6.17 Å². The number of rotatable bonds is 14. The predicted molar refractivity (Wildman–Crippen MR) is 178 cm³/mol. The van der Waals surface area contributed by atoms with Gasteiger partial charge in [-0.25, -0.2) is 9.37 Å². The number of carboxylic acid groups (broad SMARTS) is 1. The van der Waals surface area contributed by atoms with Gasteiger partial charge in [-0.2, -0.15) is 11.8 Å². The van der Waals surface area contributed by atoms with Crippen molar-refractivity contribution in [1.82, 2.24) is 4.98 Å². The molecule has 4 nitrogen and oxygen atoms in total. The number of fused-ring (bicyclic) bond motifs is 1. The highest BCUT2D eigenvalue weighted by atomic mass is 35.5. The zero-order valence-corrected chi connectivity index (χ0v) is 26.5. The largest absolute Gasteiger partial charge is 0.481 e. The lowest BCUT2D eigenvalue weighted by atomic mass is 9.90. The van der Waals surface area contributed by atoms with E-state index in [2.05, 4.69) is 6.58 Å². The van der Waals surface area contributed by atoms with Crippen LogP contribution in [0.5, 0.6) is 0 Å². The Hall–Kier alpha value is -3.19. The molecule has 1 aliphatic carbocycles. The van der Waals surface area contributed by atoms with Gasteiger partial charge in [-0.15, -0.1) is 0 Å². The topological polar surface area (TPSA) is 70.4 Å². The molecule has 0 amide bonds. The van der Waals surface area contributed by atoms with Crippen molar-refractivity contribution in [1.29, 1.82) is 0 Å². The molecule has 1 heterocycles. The third-order valence-electron chi connectivity index (χ3n) is 7.76. The van der Waals surface area contributed by atoms with Crippen LogP contribution in [0.25, 0.3) is 17.0 Å². The van der Waals surface area contributed by atoms with Crippen LogP contribution in [-0.4, -0.2) is 38.3 Å². The van der Waals surface area contributed by atoms with Crippen molar-refractivity contribution in [2.24, 2.45) is 5.41 Å². The molecule has 43 heavy (non-hydrogen) atoms. The first-order valence-electron chi connectivity index (χ1n) is 14.5. The number of aryl methyl sites for hydroxylation is 1. The Balaban J connectivity index is 1.58. The van der Waals surface area contributed by atoms with E-state index < -0.39 is 23.2 Å². The summed E-state index contributed by atoms with van der Waals surface area (Å²) in [5, 5.41) is 21.7. The first-order chi connectivity index (χ1) is 20.4. The lowest BCUT2D eigenvalue weighted by Crippen LogP contribution is -2.20. The summed E-state index contributed by atoms with van der Waals surface area (Å²) in [5.74, 6) is -0.566. The number of hydrogen-bond acceptors (Lipinski definition) is 4. The van der Waals surface area contributed by atoms with Crippen LogP contribution in [0.15, 0.2) is 96.6 Å². The number of aliphatic hydroxyl groups is 1. The SMILES string of the molecule is C=C(/C=C(\C=C/C)/C=C/c1ccc2ccc(Cl)cc2n1)[C@@H](CCc1ccccc1C(C)(C)O)SC[C@@]1(CC(=O)O)C[C@H]1F. The number of aromatic nitrogens is 1. The Morgan fingerprint density at radius 1 is 1.23 bits per heavy atom. The Kier molecular flexibility index (Phi) is 10.7. The van der Waals surface area contributed by atoms with Crippen molar-refractivity contribution in [3.8, 4) is 0 Å². The van der Waals surface area contributed by atoms with Crippen molar-refractivity contribution in [3.05, 3.63) is 118 Å². The van der Waals surface area contributed by atoms with Crippen molar-refractivity contribution in [3.63, 3.8) is 0 Å². The van der Waals surface area contributed by atoms with Crippen molar-refractivity contribution >= 4 is 46.3 Å². The molecule has 4 rings (SSSR count). The van der Waals surface area contributed by atoms with Gasteiger partial charge in [-0.3, -0.25) is 4.79 Å². The second-order valence-electron chi connectivity index (χ2n) is 11.8. The van der Waals surface area contributed by atoms with E-state index in [-0.39, 0.29) is 18.1 Å². The molecule has 2 N–H and O–H groups in total. The summed E-state index contributed by atoms with van der Waals surface area (Å²) in [6, 6.07) is 17.4. The molecular weight excluding hydrogens is 581 g/mol. The van der Waals surface area contributed by atoms with Crippen molar-refractivity contribution in [2.45, 2.75) is 63.5 Å². The van der Waals surface area contributed by atoms with E-state index in [1.165, 1.54) is 0 Å². The molecule has 1 aromatic heterocycles. The number of carbonyl (C=O) groups is 1. The average Bonchev–Trinajstić information content (AvgIpc) is 3.58. The Morgan fingerprint density at radius 3 is 2.63 bits per heavy atom. The molecule has 7 heteroatoms. The quantitative estimate of drug-likeness (QED) is 0.176. The fraction of sp³-hybridized carbons (Fsp3) is 0.333. The molecule has 0 spiro atoms. The van der Waals surface area contributed by atoms with Crippen LogP contribution in [0, 0.1) is 5.41 Å². The molecule has 3 atom stereocenters. The van der Waals surface area contributed by atoms with Gasteiger partial charge in [0, 0.05) is 26.8 Å². The van der Waals surface area contributed by atoms with Crippen LogP contribution >= 0.6 is 23.4 Å². The van der Waals surface area contributed by atoms with Crippen LogP contribution in [-0.2, 0) is 16.8 Å². The fourth-order valence-corrected chi connectivity index (χ4v) is 6.95. The molecule has 0 aliphatic heterocycles. The van der Waals surface area contributed by atoms with E-state index in [0.29, 0.717) is 23.6 Å².